The Morgan fingerprint density at radius 3 is 0.846 bits per heavy atom. The molecule has 34 nitrogen and oxygen atoms in total. The Bertz CT molecular complexity index is 7020. The van der Waals surface area contributed by atoms with Crippen molar-refractivity contribution in [2.75, 3.05) is 149 Å². The smallest absolute Gasteiger partial charge is 0.276 e. The van der Waals surface area contributed by atoms with Gasteiger partial charge in [0.2, 0.25) is 0 Å². The van der Waals surface area contributed by atoms with E-state index in [-0.39, 0.29) is 29.7 Å². The number of amides is 4. The maximum absolute atomic E-state index is 13.2. The Hall–Kier alpha value is -14.9. The number of ether oxygens (including phenoxy) is 1. The van der Waals surface area contributed by atoms with Crippen molar-refractivity contribution in [3.63, 3.8) is 0 Å². The number of piperidine rings is 6. The van der Waals surface area contributed by atoms with Gasteiger partial charge in [0.25, 0.3) is 23.6 Å². The highest BCUT2D eigenvalue weighted by Crippen LogP contribution is 2.36. The quantitative estimate of drug-likeness (QED) is 0.0243. The Morgan fingerprint density at radius 1 is 0.275 bits per heavy atom. The molecule has 9 N–H and O–H groups in total. The van der Waals surface area contributed by atoms with Gasteiger partial charge >= 0.3 is 0 Å². The maximum Gasteiger partial charge on any atom is 0.276 e. The molecule has 0 spiro atoms. The minimum Gasteiger partial charge on any atom is -0.393 e. The summed E-state index contributed by atoms with van der Waals surface area (Å²) < 4.78 is 5.47. The van der Waals surface area contributed by atoms with Crippen LogP contribution in [-0.2, 0) is 44.0 Å². The van der Waals surface area contributed by atoms with Gasteiger partial charge in [-0.05, 0) is 310 Å². The van der Waals surface area contributed by atoms with Crippen LogP contribution in [0.15, 0.2) is 220 Å². The molecule has 0 bridgehead atoms. The van der Waals surface area contributed by atoms with E-state index in [1.165, 1.54) is 108 Å². The lowest BCUT2D eigenvalue weighted by atomic mass is 10.0. The molecule has 4 amide bonds. The number of nitrogens with one attached hydrogen (secondary N) is 8. The third-order valence-electron chi connectivity index (χ3n) is 29.6. The molecule has 766 valence electrons. The first kappa shape index (κ1) is 100. The maximum atomic E-state index is 13.2. The summed E-state index contributed by atoms with van der Waals surface area (Å²) in [4.78, 5) is 108. The third-order valence-corrected chi connectivity index (χ3v) is 29.6. The number of likely N-dealkylation sites (tertiary alicyclic amines) is 6. The molecule has 20 heterocycles. The van der Waals surface area contributed by atoms with Gasteiger partial charge in [-0.25, -0.2) is 0 Å². The van der Waals surface area contributed by atoms with Crippen molar-refractivity contribution in [3.05, 3.63) is 277 Å². The van der Waals surface area contributed by atoms with Crippen LogP contribution in [0.3, 0.4) is 0 Å². The fourth-order valence-corrected chi connectivity index (χ4v) is 21.1. The third kappa shape index (κ3) is 25.9. The van der Waals surface area contributed by atoms with Crippen molar-refractivity contribution in [2.45, 2.75) is 161 Å². The Kier molecular flexibility index (Phi) is 32.5. The first-order valence-corrected chi connectivity index (χ1v) is 53.1. The lowest BCUT2D eigenvalue weighted by Crippen LogP contribution is -2.36. The topological polar surface area (TPSA) is 390 Å². The van der Waals surface area contributed by atoms with Crippen LogP contribution in [-0.4, -0.2) is 263 Å². The molecule has 0 radical (unpaired) electrons. The minimum absolute atomic E-state index is 0.182. The second kappa shape index (κ2) is 48.4. The normalized spacial score (nSPS) is 16.9. The summed E-state index contributed by atoms with van der Waals surface area (Å²) >= 11 is 0. The van der Waals surface area contributed by atoms with E-state index in [1.54, 1.807) is 24.8 Å². The number of hydrogen-bond donors (Lipinski definition) is 9. The molecule has 8 fully saturated rings. The van der Waals surface area contributed by atoms with E-state index in [9.17, 15) is 24.3 Å². The van der Waals surface area contributed by atoms with Crippen LogP contribution >= 0.6 is 0 Å². The van der Waals surface area contributed by atoms with E-state index >= 15 is 0 Å². The molecule has 149 heavy (non-hydrogen) atoms. The highest BCUT2D eigenvalue weighted by Gasteiger charge is 2.27. The molecule has 8 aliphatic rings. The lowest BCUT2D eigenvalue weighted by molar-refractivity contribution is 0.0792. The van der Waals surface area contributed by atoms with Crippen LogP contribution in [0.5, 0.6) is 0 Å². The van der Waals surface area contributed by atoms with Gasteiger partial charge in [0, 0.05) is 160 Å². The van der Waals surface area contributed by atoms with Gasteiger partial charge in [0.05, 0.1) is 135 Å². The zero-order valence-corrected chi connectivity index (χ0v) is 84.5. The number of fused-ring (bicyclic) bond motifs is 4. The number of rotatable bonds is 26. The monoisotopic (exact) mass is 2000 g/mol. The summed E-state index contributed by atoms with van der Waals surface area (Å²) in [7, 11) is 0. The van der Waals surface area contributed by atoms with E-state index in [2.05, 4.69) is 165 Å². The number of aliphatic hydroxyl groups is 1. The first-order valence-electron chi connectivity index (χ1n) is 53.1. The van der Waals surface area contributed by atoms with E-state index in [1.807, 2.05) is 171 Å². The second-order valence-corrected chi connectivity index (χ2v) is 40.5. The Balaban J connectivity index is 0.000000116. The molecular weight excluding hydrogens is 1870 g/mol. The molecule has 12 aromatic heterocycles. The van der Waals surface area contributed by atoms with Crippen molar-refractivity contribution in [2.24, 2.45) is 0 Å². The highest BCUT2D eigenvalue weighted by atomic mass is 16.5. The average molecular weight is 2000 g/mol. The lowest BCUT2D eigenvalue weighted by Gasteiger charge is -2.30. The molecule has 4 aromatic carbocycles. The molecule has 8 aliphatic heterocycles. The number of carbonyl (C=O) groups excluding carboxylic acids is 4. The number of aromatic nitrogens is 16. The average Bonchev–Trinajstić information content (AvgIpc) is 1.66. The molecule has 0 aliphatic carbocycles. The number of aliphatic hydroxyl groups excluding tert-OH is 1. The van der Waals surface area contributed by atoms with Gasteiger partial charge in [0.15, 0.2) is 22.8 Å². The van der Waals surface area contributed by atoms with Gasteiger partial charge in [-0.2, -0.15) is 20.4 Å². The van der Waals surface area contributed by atoms with Crippen LogP contribution in [0, 0.1) is 0 Å². The number of nitrogens with zero attached hydrogens (tertiary/aromatic N) is 20. The molecular formula is C115H130N28O6. The summed E-state index contributed by atoms with van der Waals surface area (Å²) in [5.41, 5.74) is 24.0. The summed E-state index contributed by atoms with van der Waals surface area (Å²) in [6, 6.07) is 48.2. The van der Waals surface area contributed by atoms with E-state index in [0.717, 1.165) is 298 Å². The van der Waals surface area contributed by atoms with Crippen molar-refractivity contribution >= 4 is 101 Å². The summed E-state index contributed by atoms with van der Waals surface area (Å²) in [6.45, 7) is 23.5. The van der Waals surface area contributed by atoms with Gasteiger partial charge in [-0.3, -0.25) is 109 Å². The Labute approximate surface area is 866 Å². The van der Waals surface area contributed by atoms with Crippen LogP contribution < -0.4 is 31.1 Å². The van der Waals surface area contributed by atoms with Crippen molar-refractivity contribution in [3.8, 4) is 44.5 Å². The second-order valence-electron chi connectivity index (χ2n) is 40.5. The number of aromatic amines is 4. The van der Waals surface area contributed by atoms with Gasteiger partial charge < -0.3 is 40.9 Å². The van der Waals surface area contributed by atoms with Crippen molar-refractivity contribution < 1.29 is 29.0 Å². The van der Waals surface area contributed by atoms with E-state index < -0.39 is 0 Å². The number of morpholine rings is 1. The highest BCUT2D eigenvalue weighted by molar-refractivity contribution is 6.14. The van der Waals surface area contributed by atoms with Crippen LogP contribution in [0.25, 0.3) is 88.1 Å². The zero-order chi connectivity index (χ0) is 101. The van der Waals surface area contributed by atoms with Gasteiger partial charge in [-0.1, -0.05) is 49.9 Å². The van der Waals surface area contributed by atoms with Crippen LogP contribution in [0.4, 0.5) is 34.1 Å². The molecule has 16 aromatic rings. The zero-order valence-electron chi connectivity index (χ0n) is 84.5. The fourth-order valence-electron chi connectivity index (χ4n) is 21.1. The fraction of sp³-hybridized carbons (Fsp3) is 0.374. The molecule has 8 saturated heterocycles. The van der Waals surface area contributed by atoms with Crippen molar-refractivity contribution in [1.82, 2.24) is 110 Å². The SMILES string of the molecule is O=C(Nc1ccc(CN2CCCCC2)nc1)c1n[nH]c2ccc(-c3cncc(CN4CCC(O)CC4)c3)cc12.O=C(Nc1ccc(CN2CCCCC2)nc1)c1n[nH]c2ccc(-c3cncc(CN4CCC4)c3)cc12.O=C(Nc1ccc(CN2CCCCC2)nc1)c1n[nH]c2ccc(-c3cncc(N4CCCCC4)c3)cc12.O=C(Nc1ccc(CN2CCCCC2)nc1)c1n[nH]c2ccc(-c3cncc(N4CCOCC4)c3)cc12. The molecule has 0 saturated carbocycles. The largest absolute Gasteiger partial charge is 0.393 e. The minimum atomic E-state index is -0.275. The van der Waals surface area contributed by atoms with Gasteiger partial charge in [-0.15, -0.1) is 0 Å². The molecule has 34 heteroatoms. The number of hydrogen-bond acceptors (Lipinski definition) is 26. The van der Waals surface area contributed by atoms with Crippen LogP contribution in [0.1, 0.15) is 191 Å². The number of carbonyl (C=O) groups is 4. The van der Waals surface area contributed by atoms with E-state index in [4.69, 9.17) is 4.74 Å². The summed E-state index contributed by atoms with van der Waals surface area (Å²) in [6.07, 6.45) is 43.8. The van der Waals surface area contributed by atoms with Crippen molar-refractivity contribution in [1.29, 1.82) is 0 Å². The number of H-pyrrole nitrogens is 4. The predicted molar refractivity (Wildman–Crippen MR) is 582 cm³/mol. The summed E-state index contributed by atoms with van der Waals surface area (Å²) in [5.74, 6) is -1.06. The molecule has 0 atom stereocenters. The molecule has 0 unspecified atom stereocenters. The van der Waals surface area contributed by atoms with E-state index in [0.29, 0.717) is 45.5 Å². The number of anilines is 6. The molecule has 24 rings (SSSR count). The Morgan fingerprint density at radius 2 is 0.550 bits per heavy atom. The number of benzene rings is 4. The summed E-state index contributed by atoms with van der Waals surface area (Å²) in [5, 5.41) is 53.9. The first-order chi connectivity index (χ1) is 73.3. The number of pyridine rings is 8. The van der Waals surface area contributed by atoms with Gasteiger partial charge in [0.1, 0.15) is 0 Å². The predicted octanol–water partition coefficient (Wildman–Crippen LogP) is 18.0. The standard InChI is InChI=1S/C30H35N7O2.C29H33N7O.C28H31N7O2.C28H31N7O/c38-26-8-12-37(13-9-26)19-21-14-23(17-31-16-21)22-4-7-28-27(15-22)29(35-34-28)30(39)33-24-5-6-25(32-18-24)20-36-10-2-1-3-11-36;37-29(32-23-8-9-24(31-18-23)20-35-11-3-1-4-12-35)28-26-16-21(7-10-27(26)33-34-28)22-15-25(19-30-17-22)36-13-5-2-6-14-36;36-28(31-22-5-6-23(30-17-22)19-34-8-2-1-3-9-34)27-25-15-20(4-7-26(25)32-33-27)21-14-24(18-29-16-21)35-10-12-37-13-11-35;36-28(31-23-6-7-24(30-17-23)19-35-9-2-1-3-10-35)27-25-14-21(5-8-26(25)32-33-27)22-13-20(15-29-16-22)18-34-11-4-12-34/h4-7,14-18,26,38H,1-3,8-13,19-20H2,(H,33,39)(H,34,35);7-10,15-19H,1-6,11-14,20H2,(H,32,37)(H,33,34);4-7,14-18H,1-3,8-13,19H2,(H,31,36)(H,32,33);5-8,13-17H,1-4,9-12,18-19H2,(H,31,36)(H,32,33). The van der Waals surface area contributed by atoms with Crippen LogP contribution in [0.2, 0.25) is 0 Å².